The highest BCUT2D eigenvalue weighted by molar-refractivity contribution is 5.85. The Morgan fingerprint density at radius 3 is 2.84 bits per heavy atom. The number of anilines is 1. The maximum absolute atomic E-state index is 14.6. The first-order valence-corrected chi connectivity index (χ1v) is 6.62. The van der Waals surface area contributed by atoms with Gasteiger partial charge in [-0.3, -0.25) is 5.10 Å². The summed E-state index contributed by atoms with van der Waals surface area (Å²) in [5.74, 6) is -0.183. The Hall–Kier alpha value is -1.62. The van der Waals surface area contributed by atoms with E-state index in [-0.39, 0.29) is 5.82 Å². The van der Waals surface area contributed by atoms with Gasteiger partial charge in [0.1, 0.15) is 0 Å². The molecule has 0 bridgehead atoms. The average Bonchev–Trinajstić information content (AvgIpc) is 2.82. The summed E-state index contributed by atoms with van der Waals surface area (Å²) >= 11 is 0. The Morgan fingerprint density at radius 1 is 1.37 bits per heavy atom. The van der Waals surface area contributed by atoms with Crippen molar-refractivity contribution < 1.29 is 9.13 Å². The molecule has 0 aliphatic carbocycles. The molecule has 102 valence electrons. The summed E-state index contributed by atoms with van der Waals surface area (Å²) in [6, 6.07) is 4.06. The average molecular weight is 263 g/mol. The summed E-state index contributed by atoms with van der Waals surface area (Å²) in [4.78, 5) is 2.03. The van der Waals surface area contributed by atoms with Gasteiger partial charge in [-0.1, -0.05) is 0 Å². The van der Waals surface area contributed by atoms with Crippen LogP contribution < -0.4 is 4.90 Å². The fourth-order valence-electron chi connectivity index (χ4n) is 2.75. The molecule has 2 aromatic rings. The van der Waals surface area contributed by atoms with Crippen molar-refractivity contribution in [3.63, 3.8) is 0 Å². The van der Waals surface area contributed by atoms with E-state index in [2.05, 4.69) is 10.2 Å². The number of halogens is 1. The van der Waals surface area contributed by atoms with Crippen LogP contribution in [0.1, 0.15) is 18.5 Å². The molecule has 5 heteroatoms. The van der Waals surface area contributed by atoms with Gasteiger partial charge in [0.05, 0.1) is 22.3 Å². The lowest BCUT2D eigenvalue weighted by Crippen LogP contribution is -2.37. The van der Waals surface area contributed by atoms with Crippen LogP contribution >= 0.6 is 0 Å². The van der Waals surface area contributed by atoms with Crippen molar-refractivity contribution in [2.75, 3.05) is 25.2 Å². The minimum absolute atomic E-state index is 0.183. The monoisotopic (exact) mass is 263 g/mol. The Labute approximate surface area is 111 Å². The van der Waals surface area contributed by atoms with Crippen LogP contribution in [0.15, 0.2) is 12.1 Å². The highest BCUT2D eigenvalue weighted by Gasteiger charge is 2.22. The van der Waals surface area contributed by atoms with Gasteiger partial charge in [-0.2, -0.15) is 5.10 Å². The third kappa shape index (κ3) is 2.08. The molecule has 1 aliphatic rings. The van der Waals surface area contributed by atoms with E-state index in [0.717, 1.165) is 31.6 Å². The van der Waals surface area contributed by atoms with Crippen LogP contribution in [0.2, 0.25) is 0 Å². The second-order valence-corrected chi connectivity index (χ2v) is 5.08. The molecule has 1 aromatic heterocycles. The molecule has 0 spiro atoms. The van der Waals surface area contributed by atoms with Gasteiger partial charge in [0.2, 0.25) is 0 Å². The third-order valence-electron chi connectivity index (χ3n) is 3.95. The van der Waals surface area contributed by atoms with E-state index in [1.807, 2.05) is 31.0 Å². The molecule has 1 fully saturated rings. The molecule has 1 aliphatic heterocycles. The fourth-order valence-corrected chi connectivity index (χ4v) is 2.75. The van der Waals surface area contributed by atoms with E-state index in [0.29, 0.717) is 22.8 Å². The lowest BCUT2D eigenvalue weighted by atomic mass is 10.1. The van der Waals surface area contributed by atoms with Crippen molar-refractivity contribution in [3.8, 4) is 0 Å². The van der Waals surface area contributed by atoms with Crippen LogP contribution in [0.25, 0.3) is 10.9 Å². The minimum Gasteiger partial charge on any atom is -0.381 e. The molecule has 0 unspecified atom stereocenters. The number of rotatable bonds is 2. The lowest BCUT2D eigenvalue weighted by molar-refractivity contribution is 0.0854. The Balaban J connectivity index is 1.99. The van der Waals surface area contributed by atoms with Crippen molar-refractivity contribution in [3.05, 3.63) is 23.6 Å². The van der Waals surface area contributed by atoms with E-state index >= 15 is 0 Å². The second-order valence-electron chi connectivity index (χ2n) is 5.08. The lowest BCUT2D eigenvalue weighted by Gasteiger charge is -2.33. The second kappa shape index (κ2) is 4.81. The number of benzene rings is 1. The van der Waals surface area contributed by atoms with Gasteiger partial charge in [-0.25, -0.2) is 4.39 Å². The van der Waals surface area contributed by atoms with Gasteiger partial charge in [0.15, 0.2) is 5.82 Å². The molecule has 4 nitrogen and oxygen atoms in total. The predicted molar refractivity (Wildman–Crippen MR) is 73.0 cm³/mol. The molecule has 3 rings (SSSR count). The van der Waals surface area contributed by atoms with Gasteiger partial charge < -0.3 is 9.64 Å². The Kier molecular flexibility index (Phi) is 3.14. The first kappa shape index (κ1) is 12.4. The smallest absolute Gasteiger partial charge is 0.157 e. The van der Waals surface area contributed by atoms with Crippen LogP contribution in [0.5, 0.6) is 0 Å². The first-order chi connectivity index (χ1) is 9.18. The zero-order valence-corrected chi connectivity index (χ0v) is 11.2. The number of aromatic nitrogens is 2. The standard InChI is InChI=1S/C14H18FN3O/c1-9-13-11(17-16-9)3-4-12(14(13)15)18(2)10-5-7-19-8-6-10/h3-4,10H,5-8H2,1-2H3,(H,16,17). The van der Waals surface area contributed by atoms with E-state index in [1.165, 1.54) is 0 Å². The molecule has 1 aromatic carbocycles. The largest absolute Gasteiger partial charge is 0.381 e. The van der Waals surface area contributed by atoms with Gasteiger partial charge in [-0.15, -0.1) is 0 Å². The molecular formula is C14H18FN3O. The Bertz CT molecular complexity index is 590. The summed E-state index contributed by atoms with van der Waals surface area (Å²) in [5, 5.41) is 7.51. The number of hydrogen-bond acceptors (Lipinski definition) is 3. The number of fused-ring (bicyclic) bond motifs is 1. The normalized spacial score (nSPS) is 17.0. The van der Waals surface area contributed by atoms with Crippen molar-refractivity contribution in [2.24, 2.45) is 0 Å². The summed E-state index contributed by atoms with van der Waals surface area (Å²) < 4.78 is 20.0. The predicted octanol–water partition coefficient (Wildman–Crippen LogP) is 2.63. The molecule has 0 amide bonds. The van der Waals surface area contributed by atoms with E-state index in [9.17, 15) is 4.39 Å². The number of aryl methyl sites for hydroxylation is 1. The van der Waals surface area contributed by atoms with E-state index < -0.39 is 0 Å². The van der Waals surface area contributed by atoms with Crippen LogP contribution in [-0.4, -0.2) is 36.5 Å². The molecule has 1 saturated heterocycles. The summed E-state index contributed by atoms with van der Waals surface area (Å²) in [5.41, 5.74) is 2.10. The van der Waals surface area contributed by atoms with Gasteiger partial charge in [-0.05, 0) is 31.9 Å². The summed E-state index contributed by atoms with van der Waals surface area (Å²) in [6.07, 6.45) is 1.89. The van der Waals surface area contributed by atoms with Crippen LogP contribution in [0, 0.1) is 12.7 Å². The molecular weight excluding hydrogens is 245 g/mol. The van der Waals surface area contributed by atoms with E-state index in [4.69, 9.17) is 4.74 Å². The number of nitrogens with zero attached hydrogens (tertiary/aromatic N) is 2. The minimum atomic E-state index is -0.183. The van der Waals surface area contributed by atoms with E-state index in [1.54, 1.807) is 0 Å². The van der Waals surface area contributed by atoms with Crippen molar-refractivity contribution in [1.29, 1.82) is 0 Å². The molecule has 1 N–H and O–H groups in total. The third-order valence-corrected chi connectivity index (χ3v) is 3.95. The maximum Gasteiger partial charge on any atom is 0.157 e. The van der Waals surface area contributed by atoms with Crippen LogP contribution in [0.3, 0.4) is 0 Å². The Morgan fingerprint density at radius 2 is 2.11 bits per heavy atom. The topological polar surface area (TPSA) is 41.2 Å². The summed E-state index contributed by atoms with van der Waals surface area (Å²) in [6.45, 7) is 3.33. The SMILES string of the molecule is Cc1n[nH]c2ccc(N(C)C3CCOCC3)c(F)c12. The van der Waals surface area contributed by atoms with Crippen molar-refractivity contribution >= 4 is 16.6 Å². The number of hydrogen-bond donors (Lipinski definition) is 1. The molecule has 2 heterocycles. The molecule has 0 radical (unpaired) electrons. The summed E-state index contributed by atoms with van der Waals surface area (Å²) in [7, 11) is 1.95. The fraction of sp³-hybridized carbons (Fsp3) is 0.500. The van der Waals surface area contributed by atoms with Crippen LogP contribution in [-0.2, 0) is 4.74 Å². The van der Waals surface area contributed by atoms with Gasteiger partial charge >= 0.3 is 0 Å². The molecule has 19 heavy (non-hydrogen) atoms. The van der Waals surface area contributed by atoms with Crippen molar-refractivity contribution in [2.45, 2.75) is 25.8 Å². The number of nitrogens with one attached hydrogen (secondary N) is 1. The van der Waals surface area contributed by atoms with Crippen LogP contribution in [0.4, 0.5) is 10.1 Å². The highest BCUT2D eigenvalue weighted by atomic mass is 19.1. The van der Waals surface area contributed by atoms with Gasteiger partial charge in [0.25, 0.3) is 0 Å². The first-order valence-electron chi connectivity index (χ1n) is 6.62. The van der Waals surface area contributed by atoms with Crippen molar-refractivity contribution in [1.82, 2.24) is 10.2 Å². The molecule has 0 saturated carbocycles. The number of H-pyrrole nitrogens is 1. The highest BCUT2D eigenvalue weighted by Crippen LogP contribution is 2.30. The number of aromatic amines is 1. The quantitative estimate of drug-likeness (QED) is 0.905. The van der Waals surface area contributed by atoms with Gasteiger partial charge in [0, 0.05) is 26.3 Å². The number of ether oxygens (including phenoxy) is 1. The molecule has 0 atom stereocenters. The maximum atomic E-state index is 14.6. The zero-order valence-electron chi connectivity index (χ0n) is 11.2. The zero-order chi connectivity index (χ0) is 13.4.